The Labute approximate surface area is 162 Å². The lowest BCUT2D eigenvalue weighted by atomic mass is 10.0. The minimum Gasteiger partial charge on any atom is -0.381 e. The van der Waals surface area contributed by atoms with Gasteiger partial charge in [-0.3, -0.25) is 15.3 Å². The van der Waals surface area contributed by atoms with Gasteiger partial charge in [-0.05, 0) is 24.3 Å². The van der Waals surface area contributed by atoms with E-state index < -0.39 is 0 Å². The lowest BCUT2D eigenvalue weighted by molar-refractivity contribution is 0.177. The molecule has 2 atom stereocenters. The van der Waals surface area contributed by atoms with E-state index in [1.165, 1.54) is 12.4 Å². The van der Waals surface area contributed by atoms with Gasteiger partial charge in [0.05, 0.1) is 30.6 Å². The predicted octanol–water partition coefficient (Wildman–Crippen LogP) is 2.75. The normalized spacial score (nSPS) is 20.9. The maximum Gasteiger partial charge on any atom is 0.324 e. The molecular formula is C20H20N6O2. The number of carbonyl (C=O) groups is 1. The van der Waals surface area contributed by atoms with E-state index in [0.717, 1.165) is 42.9 Å². The molecule has 2 aromatic heterocycles. The predicted molar refractivity (Wildman–Crippen MR) is 106 cm³/mol. The third-order valence-electron chi connectivity index (χ3n) is 5.38. The Morgan fingerprint density at radius 1 is 1.04 bits per heavy atom. The van der Waals surface area contributed by atoms with Crippen LogP contribution in [0.25, 0.3) is 10.9 Å². The van der Waals surface area contributed by atoms with Crippen molar-refractivity contribution >= 4 is 34.1 Å². The van der Waals surface area contributed by atoms with E-state index in [0.29, 0.717) is 23.3 Å². The summed E-state index contributed by atoms with van der Waals surface area (Å²) in [5.41, 5.74) is 2.69. The Morgan fingerprint density at radius 2 is 1.89 bits per heavy atom. The zero-order valence-electron chi connectivity index (χ0n) is 15.2. The summed E-state index contributed by atoms with van der Waals surface area (Å²) in [6.45, 7) is 3.72. The molecule has 8 nitrogen and oxygen atoms in total. The van der Waals surface area contributed by atoms with E-state index >= 15 is 0 Å². The Bertz CT molecular complexity index is 1000. The fraction of sp³-hybridized carbons (Fsp3) is 0.300. The molecule has 0 saturated carbocycles. The van der Waals surface area contributed by atoms with E-state index in [-0.39, 0.29) is 6.03 Å². The molecule has 142 valence electrons. The molecule has 2 saturated heterocycles. The molecule has 0 unspecified atom stereocenters. The molecule has 28 heavy (non-hydrogen) atoms. The molecule has 1 aromatic carbocycles. The van der Waals surface area contributed by atoms with Crippen molar-refractivity contribution in [3.8, 4) is 0 Å². The average molecular weight is 376 g/mol. The summed E-state index contributed by atoms with van der Waals surface area (Å²) in [7, 11) is 0. The highest BCUT2D eigenvalue weighted by atomic mass is 16.5. The van der Waals surface area contributed by atoms with Crippen LogP contribution in [-0.2, 0) is 4.74 Å². The number of urea groups is 1. The molecule has 2 amide bonds. The highest BCUT2D eigenvalue weighted by molar-refractivity contribution is 6.05. The second-order valence-corrected chi connectivity index (χ2v) is 7.19. The van der Waals surface area contributed by atoms with Gasteiger partial charge in [0.25, 0.3) is 0 Å². The first-order valence-electron chi connectivity index (χ1n) is 9.32. The number of ether oxygens (including phenoxy) is 1. The van der Waals surface area contributed by atoms with Gasteiger partial charge in [-0.15, -0.1) is 0 Å². The van der Waals surface area contributed by atoms with Gasteiger partial charge in [-0.2, -0.15) is 0 Å². The summed E-state index contributed by atoms with van der Waals surface area (Å²) in [6.07, 6.45) is 6.27. The summed E-state index contributed by atoms with van der Waals surface area (Å²) in [6, 6.07) is 7.63. The highest BCUT2D eigenvalue weighted by Gasteiger charge is 2.37. The SMILES string of the molecule is O=C(Nc1cnccn1)Nc1ccnc2ccc(N3C[C@H]4COC[C@H]4C3)cc12. The summed E-state index contributed by atoms with van der Waals surface area (Å²) >= 11 is 0. The molecule has 2 aliphatic rings. The van der Waals surface area contributed by atoms with E-state index in [4.69, 9.17) is 4.74 Å². The second-order valence-electron chi connectivity index (χ2n) is 7.19. The van der Waals surface area contributed by atoms with E-state index in [2.05, 4.69) is 42.6 Å². The number of hydrogen-bond acceptors (Lipinski definition) is 6. The number of hydrogen-bond donors (Lipinski definition) is 2. The fourth-order valence-corrected chi connectivity index (χ4v) is 3.97. The first kappa shape index (κ1) is 16.9. The van der Waals surface area contributed by atoms with Gasteiger partial charge in [-0.25, -0.2) is 9.78 Å². The number of amides is 2. The van der Waals surface area contributed by atoms with Gasteiger partial charge >= 0.3 is 6.03 Å². The van der Waals surface area contributed by atoms with Crippen LogP contribution in [-0.4, -0.2) is 47.3 Å². The molecule has 0 spiro atoms. The van der Waals surface area contributed by atoms with E-state index in [1.807, 2.05) is 6.07 Å². The van der Waals surface area contributed by atoms with Gasteiger partial charge in [0.15, 0.2) is 5.82 Å². The molecule has 0 bridgehead atoms. The van der Waals surface area contributed by atoms with Crippen LogP contribution in [0.2, 0.25) is 0 Å². The van der Waals surface area contributed by atoms with Crippen molar-refractivity contribution in [1.82, 2.24) is 15.0 Å². The minimum atomic E-state index is -0.369. The van der Waals surface area contributed by atoms with Crippen LogP contribution < -0.4 is 15.5 Å². The molecule has 0 aliphatic carbocycles. The third-order valence-corrected chi connectivity index (χ3v) is 5.38. The molecular weight excluding hydrogens is 356 g/mol. The quantitative estimate of drug-likeness (QED) is 0.730. The van der Waals surface area contributed by atoms with Crippen molar-refractivity contribution in [1.29, 1.82) is 0 Å². The molecule has 0 radical (unpaired) electrons. The maximum atomic E-state index is 12.4. The summed E-state index contributed by atoms with van der Waals surface area (Å²) < 4.78 is 5.58. The van der Waals surface area contributed by atoms with Gasteiger partial charge < -0.3 is 15.0 Å². The monoisotopic (exact) mass is 376 g/mol. The van der Waals surface area contributed by atoms with Crippen molar-refractivity contribution in [3.63, 3.8) is 0 Å². The molecule has 2 aliphatic heterocycles. The Kier molecular flexibility index (Phi) is 4.25. The molecule has 2 N–H and O–H groups in total. The Balaban J connectivity index is 1.39. The zero-order chi connectivity index (χ0) is 18.9. The fourth-order valence-electron chi connectivity index (χ4n) is 3.97. The number of nitrogens with one attached hydrogen (secondary N) is 2. The lowest BCUT2D eigenvalue weighted by Gasteiger charge is -2.20. The smallest absolute Gasteiger partial charge is 0.324 e. The van der Waals surface area contributed by atoms with E-state index in [1.54, 1.807) is 18.5 Å². The number of fused-ring (bicyclic) bond motifs is 2. The molecule has 8 heteroatoms. The molecule has 3 aromatic rings. The van der Waals surface area contributed by atoms with Gasteiger partial charge in [0.2, 0.25) is 0 Å². The minimum absolute atomic E-state index is 0.369. The van der Waals surface area contributed by atoms with Crippen molar-refractivity contribution in [2.45, 2.75) is 0 Å². The van der Waals surface area contributed by atoms with Crippen LogP contribution in [0.5, 0.6) is 0 Å². The van der Waals surface area contributed by atoms with Crippen LogP contribution in [0.15, 0.2) is 49.1 Å². The number of carbonyl (C=O) groups excluding carboxylic acids is 1. The number of rotatable bonds is 3. The van der Waals surface area contributed by atoms with Crippen LogP contribution in [0.3, 0.4) is 0 Å². The van der Waals surface area contributed by atoms with E-state index in [9.17, 15) is 4.79 Å². The molecule has 5 rings (SSSR count). The largest absolute Gasteiger partial charge is 0.381 e. The number of aromatic nitrogens is 3. The summed E-state index contributed by atoms with van der Waals surface area (Å²) in [5, 5.41) is 6.48. The van der Waals surface area contributed by atoms with Crippen molar-refractivity contribution < 1.29 is 9.53 Å². The molecule has 2 fully saturated rings. The summed E-state index contributed by atoms with van der Waals surface area (Å²) in [5.74, 6) is 1.62. The number of anilines is 3. The van der Waals surface area contributed by atoms with Gasteiger partial charge in [0, 0.05) is 54.6 Å². The van der Waals surface area contributed by atoms with Gasteiger partial charge in [0.1, 0.15) is 0 Å². The first-order chi connectivity index (χ1) is 13.8. The van der Waals surface area contributed by atoms with Crippen LogP contribution in [0.4, 0.5) is 22.0 Å². The average Bonchev–Trinajstić information content (AvgIpc) is 3.31. The van der Waals surface area contributed by atoms with Gasteiger partial charge in [-0.1, -0.05) is 0 Å². The van der Waals surface area contributed by atoms with Crippen molar-refractivity contribution in [2.75, 3.05) is 41.8 Å². The Morgan fingerprint density at radius 3 is 2.68 bits per heavy atom. The third kappa shape index (κ3) is 3.22. The number of benzene rings is 1. The standard InChI is InChI=1S/C20H20N6O2/c27-20(25-19-8-21-5-6-23-19)24-18-3-4-22-17-2-1-15(7-16(17)18)26-9-13-11-28-12-14(13)10-26/h1-8,13-14H,9-12H2,(H2,22,23,24,25,27)/t13-,14+. The number of nitrogens with zero attached hydrogens (tertiary/aromatic N) is 4. The lowest BCUT2D eigenvalue weighted by Crippen LogP contribution is -2.22. The van der Waals surface area contributed by atoms with Crippen LogP contribution in [0, 0.1) is 11.8 Å². The topological polar surface area (TPSA) is 92.3 Å². The summed E-state index contributed by atoms with van der Waals surface area (Å²) in [4.78, 5) is 27.2. The zero-order valence-corrected chi connectivity index (χ0v) is 15.2. The van der Waals surface area contributed by atoms with Crippen LogP contribution >= 0.6 is 0 Å². The second kappa shape index (κ2) is 7.05. The first-order valence-corrected chi connectivity index (χ1v) is 9.32. The van der Waals surface area contributed by atoms with Crippen molar-refractivity contribution in [3.05, 3.63) is 49.1 Å². The maximum absolute atomic E-state index is 12.4. The molecule has 4 heterocycles. The highest BCUT2D eigenvalue weighted by Crippen LogP contribution is 2.34. The number of pyridine rings is 1. The van der Waals surface area contributed by atoms with Crippen LogP contribution in [0.1, 0.15) is 0 Å². The van der Waals surface area contributed by atoms with Crippen molar-refractivity contribution in [2.24, 2.45) is 11.8 Å². The Hall–Kier alpha value is -3.26.